The Balaban J connectivity index is 5.62. The van der Waals surface area contributed by atoms with Crippen LogP contribution in [0.4, 0.5) is 0 Å². The van der Waals surface area contributed by atoms with Gasteiger partial charge in [-0.05, 0) is 6.92 Å². The van der Waals surface area contributed by atoms with Gasteiger partial charge in [-0.1, -0.05) is 63.7 Å². The van der Waals surface area contributed by atoms with Crippen molar-refractivity contribution in [1.82, 2.24) is 0 Å². The van der Waals surface area contributed by atoms with Crippen LogP contribution in [0.25, 0.3) is 0 Å². The number of hydrogen-bond donors (Lipinski definition) is 0. The van der Waals surface area contributed by atoms with Crippen LogP contribution in [0, 0.1) is 0 Å². The zero-order valence-corrected chi connectivity index (χ0v) is 27.1. The summed E-state index contributed by atoms with van der Waals surface area (Å²) in [6, 6.07) is 0. The van der Waals surface area contributed by atoms with Gasteiger partial charge in [0.05, 0.1) is 40.0 Å². The molecule has 0 aromatic rings. The molecule has 0 bridgehead atoms. The fourth-order valence-corrected chi connectivity index (χ4v) is 8.81. The molecule has 6 unspecified atom stereocenters. The predicted octanol–water partition coefficient (Wildman–Crippen LogP) is 7.79. The lowest BCUT2D eigenvalue weighted by atomic mass is 10.5. The van der Waals surface area contributed by atoms with Gasteiger partial charge in [-0.3, -0.25) is 13.7 Å². The second kappa shape index (κ2) is 17.8. The zero-order valence-electron chi connectivity index (χ0n) is 15.9. The summed E-state index contributed by atoms with van der Waals surface area (Å²) in [4.78, 5) is -0.793. The summed E-state index contributed by atoms with van der Waals surface area (Å²) in [5.41, 5.74) is -0.691. The van der Waals surface area contributed by atoms with Gasteiger partial charge >= 0.3 is 15.2 Å². The normalized spacial score (nSPS) is 21.2. The predicted molar refractivity (Wildman–Crippen MR) is 142 cm³/mol. The first-order valence-electron chi connectivity index (χ1n) is 8.55. The van der Waals surface area contributed by atoms with Crippen LogP contribution in [0.15, 0.2) is 0 Å². The third-order valence-electron chi connectivity index (χ3n) is 3.36. The molecule has 0 aromatic heterocycles. The van der Waals surface area contributed by atoms with E-state index in [0.29, 0.717) is 0 Å². The van der Waals surface area contributed by atoms with Crippen molar-refractivity contribution in [3.8, 4) is 0 Å². The van der Waals surface area contributed by atoms with Crippen molar-refractivity contribution in [2.24, 2.45) is 0 Å². The molecule has 0 amide bonds. The van der Waals surface area contributed by atoms with Gasteiger partial charge in [0.2, 0.25) is 0 Å². The van der Waals surface area contributed by atoms with E-state index in [2.05, 4.69) is 63.7 Å². The monoisotopic (exact) mass is 806 g/mol. The lowest BCUT2D eigenvalue weighted by Crippen LogP contribution is -2.24. The van der Waals surface area contributed by atoms with E-state index in [4.69, 9.17) is 64.5 Å². The highest BCUT2D eigenvalue weighted by Crippen LogP contribution is 2.63. The van der Waals surface area contributed by atoms with Crippen LogP contribution >= 0.6 is 125 Å². The maximum atomic E-state index is 13.5. The molecule has 16 heteroatoms. The lowest BCUT2D eigenvalue weighted by Gasteiger charge is -2.31. The number of halogens is 8. The third kappa shape index (κ3) is 12.4. The highest BCUT2D eigenvalue weighted by Gasteiger charge is 2.44. The van der Waals surface area contributed by atoms with Crippen LogP contribution in [0.5, 0.6) is 0 Å². The summed E-state index contributed by atoms with van der Waals surface area (Å²) in [5, 5.41) is 0.242. The molecule has 0 aliphatic carbocycles. The van der Waals surface area contributed by atoms with Gasteiger partial charge in [-0.15, -0.1) is 46.4 Å². The minimum absolute atomic E-state index is 0.00530. The summed E-state index contributed by atoms with van der Waals surface area (Å²) >= 11 is 36.5. The molecule has 30 heavy (non-hydrogen) atoms. The van der Waals surface area contributed by atoms with Crippen molar-refractivity contribution in [2.75, 3.05) is 48.7 Å². The van der Waals surface area contributed by atoms with Crippen molar-refractivity contribution < 1.29 is 27.2 Å². The molecule has 0 saturated heterocycles. The quantitative estimate of drug-likeness (QED) is 0.104. The molecule has 0 radical (unpaired) electrons. The first-order valence-corrected chi connectivity index (χ1v) is 17.8. The van der Waals surface area contributed by atoms with Crippen LogP contribution in [-0.4, -0.2) is 74.7 Å². The van der Waals surface area contributed by atoms with Crippen molar-refractivity contribution in [3.05, 3.63) is 0 Å². The molecular weight excluding hydrogens is 788 g/mol. The maximum absolute atomic E-state index is 13.5. The van der Waals surface area contributed by atoms with Crippen molar-refractivity contribution in [2.45, 2.75) is 32.9 Å². The van der Waals surface area contributed by atoms with Gasteiger partial charge < -0.3 is 13.6 Å². The van der Waals surface area contributed by atoms with Crippen molar-refractivity contribution >= 4 is 125 Å². The second-order valence-electron chi connectivity index (χ2n) is 5.89. The second-order valence-corrected chi connectivity index (χ2v) is 16.3. The molecule has 6 nitrogen and oxygen atoms in total. The van der Waals surface area contributed by atoms with E-state index < -0.39 is 26.7 Å². The Labute approximate surface area is 232 Å². The summed E-state index contributed by atoms with van der Waals surface area (Å²) in [6.07, 6.45) is 0. The molecule has 0 fully saturated rings. The molecule has 0 N–H and O–H groups in total. The van der Waals surface area contributed by atoms with E-state index in [1.807, 2.05) is 0 Å². The van der Waals surface area contributed by atoms with E-state index in [1.54, 1.807) is 0 Å². The highest BCUT2D eigenvalue weighted by molar-refractivity contribution is 9.10. The van der Waals surface area contributed by atoms with Crippen molar-refractivity contribution in [3.63, 3.8) is 0 Å². The zero-order chi connectivity index (χ0) is 23.4. The fourth-order valence-electron chi connectivity index (χ4n) is 1.64. The van der Waals surface area contributed by atoms with Crippen LogP contribution in [-0.2, 0) is 27.2 Å². The molecule has 6 atom stereocenters. The Morgan fingerprint density at radius 3 is 1.40 bits per heavy atom. The molecular formula is C14H24Br4Cl4O6P2. The average Bonchev–Trinajstić information content (AvgIpc) is 2.74. The average molecular weight is 812 g/mol. The van der Waals surface area contributed by atoms with Crippen molar-refractivity contribution in [1.29, 1.82) is 0 Å². The summed E-state index contributed by atoms with van der Waals surface area (Å²) in [6.45, 7) is 1.42. The van der Waals surface area contributed by atoms with E-state index in [0.717, 1.165) is 0 Å². The Hall–Kier alpha value is 3.38. The van der Waals surface area contributed by atoms with Gasteiger partial charge in [0.15, 0.2) is 5.85 Å². The SMILES string of the molecule is CC(OP(=O)(OCC(Br)CCl)C(CCl)CBr)P(=O)(OCC(Br)CCl)OCC(Br)CCl. The first-order chi connectivity index (χ1) is 14.0. The van der Waals surface area contributed by atoms with E-state index >= 15 is 0 Å². The topological polar surface area (TPSA) is 71.1 Å². The van der Waals surface area contributed by atoms with E-state index in [1.165, 1.54) is 6.92 Å². The smallest absolute Gasteiger partial charge is 0.307 e. The molecule has 182 valence electrons. The Bertz CT molecular complexity index is 549. The molecule has 0 heterocycles. The summed E-state index contributed by atoms with van der Waals surface area (Å²) in [7, 11) is -7.74. The summed E-state index contributed by atoms with van der Waals surface area (Å²) in [5.74, 6) is -0.551. The van der Waals surface area contributed by atoms with Gasteiger partial charge in [0, 0.05) is 28.9 Å². The molecule has 0 aromatic carbocycles. The number of alkyl halides is 8. The highest BCUT2D eigenvalue weighted by atomic mass is 79.9. The number of hydrogen-bond acceptors (Lipinski definition) is 6. The van der Waals surface area contributed by atoms with Crippen LogP contribution in [0.3, 0.4) is 0 Å². The van der Waals surface area contributed by atoms with E-state index in [-0.39, 0.29) is 63.2 Å². The standard InChI is InChI=1S/C14H24Br4Cl4O6P2/c1-10(28-30(24,14(2-15)6-22)27-9-13(18)5-21)29(23,25-7-11(16)3-19)26-8-12(17)4-20/h10-14H,2-9H2,1H3. The number of rotatable bonds is 18. The Kier molecular flexibility index (Phi) is 19.8. The largest absolute Gasteiger partial charge is 0.359 e. The third-order valence-corrected chi connectivity index (χ3v) is 13.8. The minimum atomic E-state index is -3.90. The van der Waals surface area contributed by atoms with Gasteiger partial charge in [0.25, 0.3) is 0 Å². The Morgan fingerprint density at radius 2 is 1.10 bits per heavy atom. The van der Waals surface area contributed by atoms with Crippen LogP contribution in [0.1, 0.15) is 6.92 Å². The summed E-state index contributed by atoms with van der Waals surface area (Å²) < 4.78 is 49.4. The molecule has 0 aliphatic heterocycles. The van der Waals surface area contributed by atoms with Gasteiger partial charge in [0.1, 0.15) is 0 Å². The first kappa shape index (κ1) is 33.4. The van der Waals surface area contributed by atoms with Crippen LogP contribution < -0.4 is 0 Å². The van der Waals surface area contributed by atoms with E-state index in [9.17, 15) is 9.13 Å². The molecule has 0 aliphatic rings. The van der Waals surface area contributed by atoms with Gasteiger partial charge in [-0.25, -0.2) is 0 Å². The lowest BCUT2D eigenvalue weighted by molar-refractivity contribution is 0.139. The fraction of sp³-hybridized carbons (Fsp3) is 1.00. The van der Waals surface area contributed by atoms with Gasteiger partial charge in [-0.2, -0.15) is 0 Å². The maximum Gasteiger partial charge on any atom is 0.359 e. The minimum Gasteiger partial charge on any atom is -0.307 e. The molecule has 0 rings (SSSR count). The Morgan fingerprint density at radius 1 is 0.733 bits per heavy atom. The molecule has 0 saturated carbocycles. The molecule has 0 spiro atoms. The van der Waals surface area contributed by atoms with Crippen LogP contribution in [0.2, 0.25) is 0 Å².